The van der Waals surface area contributed by atoms with Gasteiger partial charge >= 0.3 is 0 Å². The lowest BCUT2D eigenvalue weighted by Gasteiger charge is -2.19. The summed E-state index contributed by atoms with van der Waals surface area (Å²) in [7, 11) is 0. The highest BCUT2D eigenvalue weighted by atomic mass is 15.2. The summed E-state index contributed by atoms with van der Waals surface area (Å²) in [4.78, 5) is 7.08. The molecule has 0 unspecified atom stereocenters. The maximum Gasteiger partial charge on any atom is 0.0708 e. The number of rotatable bonds is 2. The van der Waals surface area contributed by atoms with Crippen LogP contribution in [0.15, 0.2) is 24.4 Å². The number of hydrogen-bond acceptors (Lipinski definition) is 2. The molecule has 1 aliphatic rings. The van der Waals surface area contributed by atoms with Crippen LogP contribution in [0.5, 0.6) is 0 Å². The third-order valence-corrected chi connectivity index (χ3v) is 4.23. The van der Waals surface area contributed by atoms with E-state index in [2.05, 4.69) is 55.8 Å². The number of aromatic nitrogens is 1. The van der Waals surface area contributed by atoms with Crippen LogP contribution in [-0.4, -0.2) is 15.9 Å². The van der Waals surface area contributed by atoms with Crippen molar-refractivity contribution in [1.82, 2.24) is 9.88 Å². The van der Waals surface area contributed by atoms with E-state index in [9.17, 15) is 0 Å². The summed E-state index contributed by atoms with van der Waals surface area (Å²) in [6.07, 6.45) is 1.94. The van der Waals surface area contributed by atoms with Crippen LogP contribution in [-0.2, 0) is 13.1 Å². The summed E-state index contributed by atoms with van der Waals surface area (Å²) in [5.41, 5.74) is 5.57. The predicted molar refractivity (Wildman–Crippen MR) is 80.2 cm³/mol. The van der Waals surface area contributed by atoms with Crippen molar-refractivity contribution in [3.05, 3.63) is 41.1 Å². The minimum absolute atomic E-state index is 0.546. The molecule has 1 aromatic heterocycles. The maximum atomic E-state index is 4.55. The van der Waals surface area contributed by atoms with Crippen LogP contribution in [0, 0.1) is 0 Å². The Balaban J connectivity index is 2.21. The van der Waals surface area contributed by atoms with Crippen LogP contribution in [0.25, 0.3) is 10.9 Å². The normalized spacial score (nSPS) is 15.7. The van der Waals surface area contributed by atoms with Crippen LogP contribution < -0.4 is 0 Å². The second-order valence-electron chi connectivity index (χ2n) is 6.15. The van der Waals surface area contributed by atoms with Gasteiger partial charge < -0.3 is 0 Å². The molecule has 0 spiro atoms. The fraction of sp³-hybridized carbons (Fsp3) is 0.471. The van der Waals surface area contributed by atoms with Crippen molar-refractivity contribution in [2.45, 2.75) is 52.7 Å². The largest absolute Gasteiger partial charge is 0.292 e. The van der Waals surface area contributed by atoms with Crippen molar-refractivity contribution in [2.24, 2.45) is 0 Å². The Hall–Kier alpha value is -1.41. The molecule has 0 atom stereocenters. The van der Waals surface area contributed by atoms with E-state index in [0.717, 1.165) is 18.6 Å². The Labute approximate surface area is 115 Å². The summed E-state index contributed by atoms with van der Waals surface area (Å²) < 4.78 is 0. The Morgan fingerprint density at radius 3 is 2.53 bits per heavy atom. The van der Waals surface area contributed by atoms with Crippen molar-refractivity contribution in [3.8, 4) is 0 Å². The molecule has 0 fully saturated rings. The maximum absolute atomic E-state index is 4.55. The van der Waals surface area contributed by atoms with Gasteiger partial charge in [0.1, 0.15) is 0 Å². The Bertz CT molecular complexity index is 614. The molecule has 2 nitrogen and oxygen atoms in total. The van der Waals surface area contributed by atoms with E-state index in [1.165, 1.54) is 22.1 Å². The monoisotopic (exact) mass is 254 g/mol. The van der Waals surface area contributed by atoms with Gasteiger partial charge in [0.05, 0.1) is 5.52 Å². The first-order chi connectivity index (χ1) is 9.08. The third-order valence-electron chi connectivity index (χ3n) is 4.23. The molecule has 2 heterocycles. The van der Waals surface area contributed by atoms with E-state index in [4.69, 9.17) is 0 Å². The van der Waals surface area contributed by atoms with E-state index in [-0.39, 0.29) is 0 Å². The Morgan fingerprint density at radius 2 is 1.84 bits per heavy atom. The SMILES string of the molecule is CC(C)c1ccnc2ccc3c(c12)CN(C(C)C)C3. The fourth-order valence-corrected chi connectivity index (χ4v) is 3.04. The summed E-state index contributed by atoms with van der Waals surface area (Å²) in [5, 5.41) is 1.40. The predicted octanol–water partition coefficient (Wildman–Crippen LogP) is 4.08. The minimum Gasteiger partial charge on any atom is -0.292 e. The van der Waals surface area contributed by atoms with E-state index in [1.54, 1.807) is 0 Å². The van der Waals surface area contributed by atoms with Crippen LogP contribution in [0.4, 0.5) is 0 Å². The molecule has 0 aliphatic carbocycles. The third kappa shape index (κ3) is 2.04. The van der Waals surface area contributed by atoms with Gasteiger partial charge in [0, 0.05) is 30.7 Å². The van der Waals surface area contributed by atoms with Crippen molar-refractivity contribution < 1.29 is 0 Å². The molecule has 2 aromatic rings. The van der Waals surface area contributed by atoms with Crippen LogP contribution in [0.3, 0.4) is 0 Å². The first-order valence-electron chi connectivity index (χ1n) is 7.21. The van der Waals surface area contributed by atoms with Crippen LogP contribution in [0.2, 0.25) is 0 Å². The van der Waals surface area contributed by atoms with E-state index in [1.807, 2.05) is 6.20 Å². The molecule has 0 radical (unpaired) electrons. The zero-order valence-electron chi connectivity index (χ0n) is 12.3. The second-order valence-corrected chi connectivity index (χ2v) is 6.15. The average Bonchev–Trinajstić information content (AvgIpc) is 2.82. The lowest BCUT2D eigenvalue weighted by atomic mass is 9.94. The van der Waals surface area contributed by atoms with Gasteiger partial charge in [0.15, 0.2) is 0 Å². The van der Waals surface area contributed by atoms with Crippen LogP contribution in [0.1, 0.15) is 50.3 Å². The summed E-state index contributed by atoms with van der Waals surface area (Å²) in [6, 6.07) is 7.23. The molecular weight excluding hydrogens is 232 g/mol. The molecule has 1 aliphatic heterocycles. The smallest absolute Gasteiger partial charge is 0.0708 e. The second kappa shape index (κ2) is 4.61. The van der Waals surface area contributed by atoms with E-state index >= 15 is 0 Å². The Kier molecular flexibility index (Phi) is 3.06. The van der Waals surface area contributed by atoms with Crippen molar-refractivity contribution >= 4 is 10.9 Å². The highest BCUT2D eigenvalue weighted by molar-refractivity contribution is 5.87. The molecule has 3 rings (SSSR count). The highest BCUT2D eigenvalue weighted by Crippen LogP contribution is 2.34. The number of pyridine rings is 1. The van der Waals surface area contributed by atoms with E-state index < -0.39 is 0 Å². The number of hydrogen-bond donors (Lipinski definition) is 0. The lowest BCUT2D eigenvalue weighted by molar-refractivity contribution is 0.227. The topological polar surface area (TPSA) is 16.1 Å². The zero-order valence-corrected chi connectivity index (χ0v) is 12.3. The Morgan fingerprint density at radius 1 is 1.05 bits per heavy atom. The van der Waals surface area contributed by atoms with Gasteiger partial charge in [-0.3, -0.25) is 9.88 Å². The van der Waals surface area contributed by atoms with Gasteiger partial charge in [0.25, 0.3) is 0 Å². The lowest BCUT2D eigenvalue weighted by Crippen LogP contribution is -2.24. The van der Waals surface area contributed by atoms with E-state index in [0.29, 0.717) is 12.0 Å². The molecule has 19 heavy (non-hydrogen) atoms. The molecule has 0 bridgehead atoms. The molecule has 0 N–H and O–H groups in total. The van der Waals surface area contributed by atoms with Gasteiger partial charge in [0.2, 0.25) is 0 Å². The molecular formula is C17H22N2. The number of fused-ring (bicyclic) bond motifs is 3. The molecule has 0 saturated carbocycles. The molecule has 0 amide bonds. The summed E-state index contributed by atoms with van der Waals surface area (Å²) >= 11 is 0. The van der Waals surface area contributed by atoms with Crippen LogP contribution >= 0.6 is 0 Å². The zero-order chi connectivity index (χ0) is 13.6. The highest BCUT2D eigenvalue weighted by Gasteiger charge is 2.24. The minimum atomic E-state index is 0.546. The fourth-order valence-electron chi connectivity index (χ4n) is 3.04. The quantitative estimate of drug-likeness (QED) is 0.802. The number of nitrogens with zero attached hydrogens (tertiary/aromatic N) is 2. The van der Waals surface area contributed by atoms with Crippen molar-refractivity contribution in [1.29, 1.82) is 0 Å². The molecule has 1 aromatic carbocycles. The standard InChI is InChI=1S/C17H22N2/c1-11(2)14-7-8-18-16-6-5-13-9-19(12(3)4)10-15(13)17(14)16/h5-8,11-12H,9-10H2,1-4H3. The molecule has 0 saturated heterocycles. The first kappa shape index (κ1) is 12.6. The van der Waals surface area contributed by atoms with Gasteiger partial charge in [-0.1, -0.05) is 19.9 Å². The first-order valence-corrected chi connectivity index (χ1v) is 7.21. The molecule has 2 heteroatoms. The van der Waals surface area contributed by atoms with Crippen molar-refractivity contribution in [2.75, 3.05) is 0 Å². The molecule has 100 valence electrons. The van der Waals surface area contributed by atoms with Gasteiger partial charge in [-0.05, 0) is 48.6 Å². The number of benzene rings is 1. The average molecular weight is 254 g/mol. The van der Waals surface area contributed by atoms with Gasteiger partial charge in [-0.15, -0.1) is 0 Å². The van der Waals surface area contributed by atoms with Gasteiger partial charge in [-0.2, -0.15) is 0 Å². The summed E-state index contributed by atoms with van der Waals surface area (Å²) in [6.45, 7) is 11.2. The van der Waals surface area contributed by atoms with Crippen molar-refractivity contribution in [3.63, 3.8) is 0 Å². The van der Waals surface area contributed by atoms with Gasteiger partial charge in [-0.25, -0.2) is 0 Å². The summed E-state index contributed by atoms with van der Waals surface area (Å²) in [5.74, 6) is 0.546.